The van der Waals surface area contributed by atoms with E-state index in [1.54, 1.807) is 27.3 Å². The molecule has 0 spiro atoms. The Hall–Kier alpha value is -1.86. The van der Waals surface area contributed by atoms with Crippen molar-refractivity contribution in [2.45, 2.75) is 19.1 Å². The van der Waals surface area contributed by atoms with Crippen molar-refractivity contribution in [2.75, 3.05) is 44.6 Å². The molecule has 1 N–H and O–H groups in total. The van der Waals surface area contributed by atoms with E-state index in [2.05, 4.69) is 10.2 Å². The number of rotatable bonds is 6. The number of nitrogens with one attached hydrogen (secondary N) is 1. The van der Waals surface area contributed by atoms with E-state index in [0.29, 0.717) is 11.6 Å². The highest BCUT2D eigenvalue weighted by molar-refractivity contribution is 5.69. The fourth-order valence-corrected chi connectivity index (χ4v) is 2.99. The number of nitro groups is 1. The number of ether oxygens (including phenoxy) is 2. The summed E-state index contributed by atoms with van der Waals surface area (Å²) in [5.74, 6) is 0.382. The smallest absolute Gasteiger partial charge is 0.292 e. The molecule has 1 aliphatic rings. The number of benzene rings is 1. The van der Waals surface area contributed by atoms with Gasteiger partial charge < -0.3 is 19.7 Å². The summed E-state index contributed by atoms with van der Waals surface area (Å²) in [5, 5.41) is 13.9. The van der Waals surface area contributed by atoms with Gasteiger partial charge in [0.15, 0.2) is 6.29 Å². The molecule has 1 saturated heterocycles. The van der Waals surface area contributed by atoms with Gasteiger partial charge in [0.2, 0.25) is 0 Å². The second kappa shape index (κ2) is 7.42. The lowest BCUT2D eigenvalue weighted by atomic mass is 9.95. The number of hydrogen-bond donors (Lipinski definition) is 1. The first kappa shape index (κ1) is 16.5. The number of nitrogens with zero attached hydrogens (tertiary/aromatic N) is 2. The molecule has 7 heteroatoms. The Balaban J connectivity index is 2.07. The van der Waals surface area contributed by atoms with Crippen molar-refractivity contribution in [1.82, 2.24) is 0 Å². The Morgan fingerprint density at radius 2 is 1.95 bits per heavy atom. The molecule has 122 valence electrons. The fraction of sp³-hybridized carbons (Fsp3) is 0.600. The summed E-state index contributed by atoms with van der Waals surface area (Å²) in [6.45, 7) is 1.77. The lowest BCUT2D eigenvalue weighted by Gasteiger charge is -2.36. The van der Waals surface area contributed by atoms with E-state index in [1.165, 1.54) is 0 Å². The largest absolute Gasteiger partial charge is 0.383 e. The molecule has 0 saturated carbocycles. The predicted octanol–water partition coefficient (Wildman–Crippen LogP) is 2.47. The first-order valence-electron chi connectivity index (χ1n) is 7.37. The minimum Gasteiger partial charge on any atom is -0.383 e. The van der Waals surface area contributed by atoms with Crippen LogP contribution in [0.25, 0.3) is 0 Å². The van der Waals surface area contributed by atoms with Crippen LogP contribution >= 0.6 is 0 Å². The highest BCUT2D eigenvalue weighted by Crippen LogP contribution is 2.32. The van der Waals surface area contributed by atoms with Crippen LogP contribution in [0.4, 0.5) is 17.1 Å². The summed E-state index contributed by atoms with van der Waals surface area (Å²) in [6.07, 6.45) is 1.78. The maximum atomic E-state index is 11.0. The third-order valence-electron chi connectivity index (χ3n) is 4.20. The number of methoxy groups -OCH3 is 2. The van der Waals surface area contributed by atoms with Crippen LogP contribution in [0.1, 0.15) is 12.8 Å². The van der Waals surface area contributed by atoms with Crippen LogP contribution in [-0.4, -0.2) is 45.6 Å². The lowest BCUT2D eigenvalue weighted by Crippen LogP contribution is -2.39. The first-order valence-corrected chi connectivity index (χ1v) is 7.37. The van der Waals surface area contributed by atoms with Gasteiger partial charge in [0, 0.05) is 52.0 Å². The summed E-state index contributed by atoms with van der Waals surface area (Å²) in [5.41, 5.74) is 1.64. The molecule has 1 aromatic rings. The van der Waals surface area contributed by atoms with Crippen molar-refractivity contribution in [2.24, 2.45) is 5.92 Å². The maximum Gasteiger partial charge on any atom is 0.292 e. The van der Waals surface area contributed by atoms with Crippen LogP contribution < -0.4 is 10.2 Å². The molecule has 0 atom stereocenters. The molecule has 0 unspecified atom stereocenters. The molecular weight excluding hydrogens is 286 g/mol. The van der Waals surface area contributed by atoms with E-state index in [4.69, 9.17) is 9.47 Å². The van der Waals surface area contributed by atoms with Crippen LogP contribution in [-0.2, 0) is 9.47 Å². The minimum absolute atomic E-state index is 0.0972. The van der Waals surface area contributed by atoms with Gasteiger partial charge in [-0.3, -0.25) is 10.1 Å². The molecular formula is C15H23N3O4. The van der Waals surface area contributed by atoms with Crippen molar-refractivity contribution in [1.29, 1.82) is 0 Å². The molecule has 0 aromatic heterocycles. The van der Waals surface area contributed by atoms with Crippen molar-refractivity contribution in [3.8, 4) is 0 Å². The van der Waals surface area contributed by atoms with Gasteiger partial charge in [-0.25, -0.2) is 0 Å². The van der Waals surface area contributed by atoms with E-state index in [9.17, 15) is 10.1 Å². The Kier molecular flexibility index (Phi) is 5.57. The van der Waals surface area contributed by atoms with Crippen LogP contribution in [0.3, 0.4) is 0 Å². The molecule has 7 nitrogen and oxygen atoms in total. The summed E-state index contributed by atoms with van der Waals surface area (Å²) >= 11 is 0. The zero-order valence-corrected chi connectivity index (χ0v) is 13.2. The number of nitro benzene ring substituents is 1. The first-order chi connectivity index (χ1) is 10.6. The molecule has 1 fully saturated rings. The topological polar surface area (TPSA) is 76.9 Å². The average molecular weight is 309 g/mol. The van der Waals surface area contributed by atoms with Crippen molar-refractivity contribution < 1.29 is 14.4 Å². The van der Waals surface area contributed by atoms with Gasteiger partial charge >= 0.3 is 0 Å². The number of anilines is 2. The van der Waals surface area contributed by atoms with Crippen LogP contribution in [0.15, 0.2) is 18.2 Å². The van der Waals surface area contributed by atoms with Crippen molar-refractivity contribution in [3.05, 3.63) is 28.3 Å². The lowest BCUT2D eigenvalue weighted by molar-refractivity contribution is -0.383. The molecule has 0 radical (unpaired) electrons. The number of hydrogen-bond acceptors (Lipinski definition) is 6. The number of piperidine rings is 1. The van der Waals surface area contributed by atoms with E-state index in [-0.39, 0.29) is 16.9 Å². The van der Waals surface area contributed by atoms with Crippen LogP contribution in [0.2, 0.25) is 0 Å². The van der Waals surface area contributed by atoms with Crippen molar-refractivity contribution >= 4 is 17.1 Å². The Labute approximate surface area is 130 Å². The monoisotopic (exact) mass is 309 g/mol. The second-order valence-corrected chi connectivity index (χ2v) is 5.37. The second-order valence-electron chi connectivity index (χ2n) is 5.37. The normalized spacial score (nSPS) is 16.1. The summed E-state index contributed by atoms with van der Waals surface area (Å²) in [4.78, 5) is 12.8. The molecule has 1 aliphatic heterocycles. The van der Waals surface area contributed by atoms with Gasteiger partial charge in [-0.05, 0) is 25.0 Å². The molecule has 22 heavy (non-hydrogen) atoms. The Morgan fingerprint density at radius 1 is 1.32 bits per heavy atom. The van der Waals surface area contributed by atoms with Gasteiger partial charge in [-0.1, -0.05) is 0 Å². The quantitative estimate of drug-likeness (QED) is 0.494. The standard InChI is InChI=1S/C15H23N3O4/c1-16-13-10-12(4-5-14(13)18(19)20)17-8-6-11(7-9-17)15(21-2)22-3/h4-5,10-11,15-16H,6-9H2,1-3H3. The van der Waals surface area contributed by atoms with Crippen LogP contribution in [0, 0.1) is 16.0 Å². The molecule has 0 bridgehead atoms. The average Bonchev–Trinajstić information content (AvgIpc) is 2.56. The van der Waals surface area contributed by atoms with E-state index < -0.39 is 0 Å². The zero-order chi connectivity index (χ0) is 16.1. The highest BCUT2D eigenvalue weighted by Gasteiger charge is 2.27. The molecule has 0 amide bonds. The zero-order valence-electron chi connectivity index (χ0n) is 13.2. The minimum atomic E-state index is -0.371. The Morgan fingerprint density at radius 3 is 2.45 bits per heavy atom. The molecule has 2 rings (SSSR count). The van der Waals surface area contributed by atoms with Crippen molar-refractivity contribution in [3.63, 3.8) is 0 Å². The van der Waals surface area contributed by atoms with Crippen LogP contribution in [0.5, 0.6) is 0 Å². The van der Waals surface area contributed by atoms with Gasteiger partial charge in [0.25, 0.3) is 5.69 Å². The molecule has 0 aliphatic carbocycles. The van der Waals surface area contributed by atoms with E-state index in [0.717, 1.165) is 31.6 Å². The fourth-order valence-electron chi connectivity index (χ4n) is 2.99. The van der Waals surface area contributed by atoms with E-state index >= 15 is 0 Å². The molecule has 1 aromatic carbocycles. The highest BCUT2D eigenvalue weighted by atomic mass is 16.7. The summed E-state index contributed by atoms with van der Waals surface area (Å²) < 4.78 is 10.7. The SMILES string of the molecule is CNc1cc(N2CCC(C(OC)OC)CC2)ccc1[N+](=O)[O-]. The van der Waals surface area contributed by atoms with Gasteiger partial charge in [0.05, 0.1) is 4.92 Å². The predicted molar refractivity (Wildman–Crippen MR) is 85.4 cm³/mol. The Bertz CT molecular complexity index is 512. The van der Waals surface area contributed by atoms with Gasteiger partial charge in [0.1, 0.15) is 5.69 Å². The molecule has 1 heterocycles. The summed E-state index contributed by atoms with van der Waals surface area (Å²) in [7, 11) is 5.02. The van der Waals surface area contributed by atoms with Gasteiger partial charge in [-0.2, -0.15) is 0 Å². The summed E-state index contributed by atoms with van der Waals surface area (Å²) in [6, 6.07) is 5.20. The third kappa shape index (κ3) is 3.48. The van der Waals surface area contributed by atoms with Gasteiger partial charge in [-0.15, -0.1) is 0 Å². The maximum absolute atomic E-state index is 11.0. The third-order valence-corrected chi connectivity index (χ3v) is 4.20. The van der Waals surface area contributed by atoms with E-state index in [1.807, 2.05) is 12.1 Å².